The Morgan fingerprint density at radius 2 is 2.14 bits per heavy atom. The predicted octanol–water partition coefficient (Wildman–Crippen LogP) is 0.543. The molecule has 0 aliphatic rings. The van der Waals surface area contributed by atoms with Crippen molar-refractivity contribution in [3.8, 4) is 0 Å². The molecular weight excluding hydrogens is 292 g/mol. The SMILES string of the molecule is CCNc1ccc(S(=O)(=O)NCCCc2ncn[nH]2)cn1. The van der Waals surface area contributed by atoms with E-state index >= 15 is 0 Å². The van der Waals surface area contributed by atoms with Crippen molar-refractivity contribution in [3.05, 3.63) is 30.5 Å². The second kappa shape index (κ2) is 7.14. The molecule has 0 radical (unpaired) electrons. The van der Waals surface area contributed by atoms with Crippen LogP contribution in [0.25, 0.3) is 0 Å². The van der Waals surface area contributed by atoms with E-state index in [0.29, 0.717) is 25.2 Å². The van der Waals surface area contributed by atoms with Crippen molar-refractivity contribution in [2.75, 3.05) is 18.4 Å². The van der Waals surface area contributed by atoms with Gasteiger partial charge in [0.2, 0.25) is 10.0 Å². The molecule has 114 valence electrons. The van der Waals surface area contributed by atoms with Crippen LogP contribution in [0.1, 0.15) is 19.2 Å². The van der Waals surface area contributed by atoms with Gasteiger partial charge in [-0.1, -0.05) is 0 Å². The molecule has 0 aliphatic carbocycles. The van der Waals surface area contributed by atoms with E-state index in [1.807, 2.05) is 6.92 Å². The average Bonchev–Trinajstić information content (AvgIpc) is 2.98. The summed E-state index contributed by atoms with van der Waals surface area (Å²) in [7, 11) is -3.52. The van der Waals surface area contributed by atoms with Crippen LogP contribution in [-0.4, -0.2) is 41.7 Å². The van der Waals surface area contributed by atoms with Gasteiger partial charge >= 0.3 is 0 Å². The summed E-state index contributed by atoms with van der Waals surface area (Å²) in [5.74, 6) is 1.40. The van der Waals surface area contributed by atoms with Gasteiger partial charge in [0.25, 0.3) is 0 Å². The van der Waals surface area contributed by atoms with Gasteiger partial charge in [0, 0.05) is 25.7 Å². The molecule has 0 amide bonds. The van der Waals surface area contributed by atoms with Crippen LogP contribution in [0.2, 0.25) is 0 Å². The largest absolute Gasteiger partial charge is 0.370 e. The number of anilines is 1. The van der Waals surface area contributed by atoms with Gasteiger partial charge in [0.05, 0.1) is 0 Å². The number of pyridine rings is 1. The summed E-state index contributed by atoms with van der Waals surface area (Å²) < 4.78 is 26.6. The Balaban J connectivity index is 1.85. The number of H-pyrrole nitrogens is 1. The minimum absolute atomic E-state index is 0.156. The Bertz CT molecular complexity index is 639. The van der Waals surface area contributed by atoms with Crippen LogP contribution in [0.5, 0.6) is 0 Å². The quantitative estimate of drug-likeness (QED) is 0.614. The first-order valence-corrected chi connectivity index (χ1v) is 8.14. The van der Waals surface area contributed by atoms with E-state index in [1.54, 1.807) is 6.07 Å². The molecule has 0 atom stereocenters. The lowest BCUT2D eigenvalue weighted by atomic mass is 10.3. The van der Waals surface area contributed by atoms with Gasteiger partial charge in [0.1, 0.15) is 22.9 Å². The summed E-state index contributed by atoms with van der Waals surface area (Å²) in [6.45, 7) is 3.01. The minimum atomic E-state index is -3.52. The number of aryl methyl sites for hydroxylation is 1. The molecular formula is C12H18N6O2S. The number of rotatable bonds is 8. The second-order valence-corrected chi connectivity index (χ2v) is 6.11. The van der Waals surface area contributed by atoms with Gasteiger partial charge in [-0.2, -0.15) is 5.10 Å². The molecule has 0 fully saturated rings. The summed E-state index contributed by atoms with van der Waals surface area (Å²) in [5.41, 5.74) is 0. The number of aromatic amines is 1. The minimum Gasteiger partial charge on any atom is -0.370 e. The Kier molecular flexibility index (Phi) is 5.23. The summed E-state index contributed by atoms with van der Waals surface area (Å²) >= 11 is 0. The van der Waals surface area contributed by atoms with Gasteiger partial charge < -0.3 is 5.32 Å². The normalized spacial score (nSPS) is 11.5. The van der Waals surface area contributed by atoms with E-state index < -0.39 is 10.0 Å². The smallest absolute Gasteiger partial charge is 0.242 e. The number of sulfonamides is 1. The number of hydrogen-bond donors (Lipinski definition) is 3. The van der Waals surface area contributed by atoms with Crippen LogP contribution >= 0.6 is 0 Å². The zero-order valence-electron chi connectivity index (χ0n) is 11.7. The molecule has 0 aromatic carbocycles. The fourth-order valence-electron chi connectivity index (χ4n) is 1.72. The molecule has 2 aromatic rings. The van der Waals surface area contributed by atoms with Crippen molar-refractivity contribution < 1.29 is 8.42 Å². The highest BCUT2D eigenvalue weighted by Gasteiger charge is 2.13. The van der Waals surface area contributed by atoms with Gasteiger partial charge in [0.15, 0.2) is 0 Å². The molecule has 2 rings (SSSR count). The van der Waals surface area contributed by atoms with Gasteiger partial charge in [-0.3, -0.25) is 5.10 Å². The van der Waals surface area contributed by atoms with Crippen LogP contribution in [0.15, 0.2) is 29.6 Å². The van der Waals surface area contributed by atoms with E-state index in [2.05, 4.69) is 30.2 Å². The number of aromatic nitrogens is 4. The van der Waals surface area contributed by atoms with Crippen molar-refractivity contribution in [2.45, 2.75) is 24.7 Å². The highest BCUT2D eigenvalue weighted by molar-refractivity contribution is 7.89. The molecule has 3 N–H and O–H groups in total. The van der Waals surface area contributed by atoms with Crippen LogP contribution in [0, 0.1) is 0 Å². The van der Waals surface area contributed by atoms with Crippen molar-refractivity contribution >= 4 is 15.8 Å². The standard InChI is InChI=1S/C12H18N6O2S/c1-2-13-11-6-5-10(8-14-11)21(19,20)17-7-3-4-12-15-9-16-18-12/h5-6,8-9,17H,2-4,7H2,1H3,(H,13,14)(H,15,16,18). The van der Waals surface area contributed by atoms with E-state index in [9.17, 15) is 8.42 Å². The summed E-state index contributed by atoms with van der Waals surface area (Å²) in [6.07, 6.45) is 4.05. The highest BCUT2D eigenvalue weighted by Crippen LogP contribution is 2.10. The third-order valence-electron chi connectivity index (χ3n) is 2.75. The Hall–Kier alpha value is -2.00. The van der Waals surface area contributed by atoms with E-state index in [4.69, 9.17) is 0 Å². The number of nitrogens with zero attached hydrogens (tertiary/aromatic N) is 3. The van der Waals surface area contributed by atoms with Crippen LogP contribution < -0.4 is 10.0 Å². The first-order chi connectivity index (χ1) is 10.1. The zero-order chi connectivity index (χ0) is 15.1. The van der Waals surface area contributed by atoms with Crippen LogP contribution in [0.3, 0.4) is 0 Å². The molecule has 21 heavy (non-hydrogen) atoms. The van der Waals surface area contributed by atoms with Crippen molar-refractivity contribution in [3.63, 3.8) is 0 Å². The van der Waals surface area contributed by atoms with E-state index in [1.165, 1.54) is 18.6 Å². The fraction of sp³-hybridized carbons (Fsp3) is 0.417. The third kappa shape index (κ3) is 4.50. The van der Waals surface area contributed by atoms with E-state index in [-0.39, 0.29) is 4.90 Å². The molecule has 2 aromatic heterocycles. The molecule has 0 unspecified atom stereocenters. The first-order valence-electron chi connectivity index (χ1n) is 6.65. The number of nitrogens with one attached hydrogen (secondary N) is 3. The molecule has 2 heterocycles. The fourth-order valence-corrected chi connectivity index (χ4v) is 2.74. The second-order valence-electron chi connectivity index (χ2n) is 4.34. The Labute approximate surface area is 123 Å². The van der Waals surface area contributed by atoms with Crippen LogP contribution in [-0.2, 0) is 16.4 Å². The Morgan fingerprint density at radius 1 is 1.29 bits per heavy atom. The monoisotopic (exact) mass is 310 g/mol. The lowest BCUT2D eigenvalue weighted by Gasteiger charge is -2.07. The maximum Gasteiger partial charge on any atom is 0.242 e. The maximum absolute atomic E-state index is 12.1. The maximum atomic E-state index is 12.1. The molecule has 8 nitrogen and oxygen atoms in total. The predicted molar refractivity (Wildman–Crippen MR) is 78.3 cm³/mol. The van der Waals surface area contributed by atoms with Crippen molar-refractivity contribution in [1.82, 2.24) is 24.9 Å². The van der Waals surface area contributed by atoms with Gasteiger partial charge in [-0.25, -0.2) is 23.1 Å². The zero-order valence-corrected chi connectivity index (χ0v) is 12.5. The molecule has 0 saturated carbocycles. The third-order valence-corrected chi connectivity index (χ3v) is 4.20. The van der Waals surface area contributed by atoms with Crippen molar-refractivity contribution in [1.29, 1.82) is 0 Å². The number of hydrogen-bond acceptors (Lipinski definition) is 6. The van der Waals surface area contributed by atoms with Gasteiger partial charge in [-0.15, -0.1) is 0 Å². The topological polar surface area (TPSA) is 113 Å². The Morgan fingerprint density at radius 3 is 2.76 bits per heavy atom. The molecule has 0 bridgehead atoms. The average molecular weight is 310 g/mol. The van der Waals surface area contributed by atoms with Gasteiger partial charge in [-0.05, 0) is 25.5 Å². The molecule has 0 spiro atoms. The van der Waals surface area contributed by atoms with E-state index in [0.717, 1.165) is 12.4 Å². The first kappa shape index (κ1) is 15.4. The molecule has 9 heteroatoms. The van der Waals surface area contributed by atoms with Crippen LogP contribution in [0.4, 0.5) is 5.82 Å². The highest BCUT2D eigenvalue weighted by atomic mass is 32.2. The lowest BCUT2D eigenvalue weighted by molar-refractivity contribution is 0.578. The summed E-state index contributed by atoms with van der Waals surface area (Å²) in [4.78, 5) is 8.18. The molecule has 0 saturated heterocycles. The molecule has 0 aliphatic heterocycles. The summed E-state index contributed by atoms with van der Waals surface area (Å²) in [6, 6.07) is 3.18. The lowest BCUT2D eigenvalue weighted by Crippen LogP contribution is -2.25. The van der Waals surface area contributed by atoms with Crippen molar-refractivity contribution in [2.24, 2.45) is 0 Å². The summed E-state index contributed by atoms with van der Waals surface area (Å²) in [5, 5.41) is 9.47.